The van der Waals surface area contributed by atoms with Crippen LogP contribution < -0.4 is 11.3 Å². The number of hydrogen-bond acceptors (Lipinski definition) is 3. The van der Waals surface area contributed by atoms with E-state index in [4.69, 9.17) is 5.84 Å². The molecule has 1 amide bonds. The molecule has 0 atom stereocenters. The minimum atomic E-state index is -0.167. The number of nitrogens with one attached hydrogen (secondary N) is 1. The number of carbonyl (C=O) groups excluding carboxylic acids is 1. The van der Waals surface area contributed by atoms with E-state index in [1.807, 2.05) is 18.2 Å². The summed E-state index contributed by atoms with van der Waals surface area (Å²) >= 11 is 1.80. The SMILES string of the molecule is Cc1ccc(C)c(SCc2ccccc2CC(=O)NN)c1. The van der Waals surface area contributed by atoms with Gasteiger partial charge in [-0.05, 0) is 36.6 Å². The molecule has 0 aromatic heterocycles. The highest BCUT2D eigenvalue weighted by atomic mass is 32.2. The molecule has 0 aliphatic rings. The lowest BCUT2D eigenvalue weighted by molar-refractivity contribution is -0.120. The van der Waals surface area contributed by atoms with Crippen LogP contribution in [-0.2, 0) is 17.0 Å². The number of rotatable bonds is 5. The second-order valence-electron chi connectivity index (χ2n) is 5.07. The number of carbonyl (C=O) groups is 1. The molecule has 0 fully saturated rings. The van der Waals surface area contributed by atoms with Crippen LogP contribution in [0.2, 0.25) is 0 Å². The van der Waals surface area contributed by atoms with Crippen LogP contribution in [0.3, 0.4) is 0 Å². The lowest BCUT2D eigenvalue weighted by Crippen LogP contribution is -2.31. The van der Waals surface area contributed by atoms with E-state index in [9.17, 15) is 4.79 Å². The third-order valence-electron chi connectivity index (χ3n) is 3.36. The van der Waals surface area contributed by atoms with Gasteiger partial charge in [0.25, 0.3) is 0 Å². The first-order valence-corrected chi connectivity index (χ1v) is 7.85. The van der Waals surface area contributed by atoms with Crippen LogP contribution >= 0.6 is 11.8 Å². The summed E-state index contributed by atoms with van der Waals surface area (Å²) in [6.45, 7) is 4.22. The molecule has 21 heavy (non-hydrogen) atoms. The lowest BCUT2D eigenvalue weighted by Gasteiger charge is -2.10. The van der Waals surface area contributed by atoms with E-state index >= 15 is 0 Å². The van der Waals surface area contributed by atoms with Crippen molar-refractivity contribution in [1.82, 2.24) is 5.43 Å². The van der Waals surface area contributed by atoms with E-state index in [0.29, 0.717) is 6.42 Å². The van der Waals surface area contributed by atoms with Gasteiger partial charge in [0.1, 0.15) is 0 Å². The summed E-state index contributed by atoms with van der Waals surface area (Å²) in [5.41, 5.74) is 6.93. The third-order valence-corrected chi connectivity index (χ3v) is 4.56. The maximum Gasteiger partial charge on any atom is 0.238 e. The average Bonchev–Trinajstić information content (AvgIpc) is 2.49. The quantitative estimate of drug-likeness (QED) is 0.386. The molecule has 0 bridgehead atoms. The van der Waals surface area contributed by atoms with Gasteiger partial charge in [0, 0.05) is 10.6 Å². The molecule has 0 saturated carbocycles. The number of thioether (sulfide) groups is 1. The Morgan fingerprint density at radius 3 is 2.57 bits per heavy atom. The van der Waals surface area contributed by atoms with Gasteiger partial charge in [0.05, 0.1) is 6.42 Å². The molecule has 0 heterocycles. The summed E-state index contributed by atoms with van der Waals surface area (Å²) in [7, 11) is 0. The summed E-state index contributed by atoms with van der Waals surface area (Å²) in [6, 6.07) is 14.5. The summed E-state index contributed by atoms with van der Waals surface area (Å²) in [4.78, 5) is 12.7. The van der Waals surface area contributed by atoms with E-state index in [1.54, 1.807) is 11.8 Å². The molecule has 2 aromatic rings. The maximum absolute atomic E-state index is 11.5. The van der Waals surface area contributed by atoms with Crippen LogP contribution in [-0.4, -0.2) is 5.91 Å². The number of hydrogen-bond donors (Lipinski definition) is 2. The predicted molar refractivity (Wildman–Crippen MR) is 88.0 cm³/mol. The second-order valence-corrected chi connectivity index (χ2v) is 6.09. The molecule has 4 heteroatoms. The number of amides is 1. The number of nitrogens with two attached hydrogens (primary N) is 1. The Morgan fingerprint density at radius 1 is 1.14 bits per heavy atom. The van der Waals surface area contributed by atoms with E-state index in [1.165, 1.54) is 21.6 Å². The first kappa shape index (κ1) is 15.6. The molecule has 0 aliphatic carbocycles. The topological polar surface area (TPSA) is 55.1 Å². The van der Waals surface area contributed by atoms with Gasteiger partial charge in [-0.25, -0.2) is 5.84 Å². The van der Waals surface area contributed by atoms with Crippen molar-refractivity contribution in [2.45, 2.75) is 30.9 Å². The fourth-order valence-electron chi connectivity index (χ4n) is 2.11. The zero-order valence-corrected chi connectivity index (χ0v) is 13.2. The van der Waals surface area contributed by atoms with Gasteiger partial charge in [-0.1, -0.05) is 42.0 Å². The van der Waals surface area contributed by atoms with Crippen LogP contribution in [0.4, 0.5) is 0 Å². The summed E-state index contributed by atoms with van der Waals surface area (Å²) in [5, 5.41) is 0. The standard InChI is InChI=1S/C17H20N2OS/c1-12-7-8-13(2)16(9-12)21-11-15-6-4-3-5-14(15)10-17(20)19-18/h3-9H,10-11,18H2,1-2H3,(H,19,20). The van der Waals surface area contributed by atoms with Crippen LogP contribution in [0.15, 0.2) is 47.4 Å². The van der Waals surface area contributed by atoms with Crippen molar-refractivity contribution in [1.29, 1.82) is 0 Å². The fraction of sp³-hybridized carbons (Fsp3) is 0.235. The van der Waals surface area contributed by atoms with Crippen molar-refractivity contribution < 1.29 is 4.79 Å². The molecule has 3 N–H and O–H groups in total. The van der Waals surface area contributed by atoms with Crippen molar-refractivity contribution in [2.75, 3.05) is 0 Å². The Bertz CT molecular complexity index is 640. The number of aryl methyl sites for hydroxylation is 2. The van der Waals surface area contributed by atoms with Gasteiger partial charge in [-0.3, -0.25) is 10.2 Å². The van der Waals surface area contributed by atoms with Gasteiger partial charge in [-0.2, -0.15) is 0 Å². The molecule has 2 rings (SSSR count). The van der Waals surface area contributed by atoms with Crippen molar-refractivity contribution >= 4 is 17.7 Å². The summed E-state index contributed by atoms with van der Waals surface area (Å²) in [5.74, 6) is 5.84. The smallest absolute Gasteiger partial charge is 0.238 e. The Labute approximate surface area is 129 Å². The normalized spacial score (nSPS) is 10.4. The maximum atomic E-state index is 11.5. The molecule has 3 nitrogen and oxygen atoms in total. The van der Waals surface area contributed by atoms with Crippen molar-refractivity contribution in [3.8, 4) is 0 Å². The van der Waals surface area contributed by atoms with Gasteiger partial charge < -0.3 is 0 Å². The molecule has 0 aliphatic heterocycles. The molecule has 0 radical (unpaired) electrons. The Hall–Kier alpha value is -1.78. The number of hydrazine groups is 1. The van der Waals surface area contributed by atoms with Crippen molar-refractivity contribution in [3.63, 3.8) is 0 Å². The van der Waals surface area contributed by atoms with Gasteiger partial charge >= 0.3 is 0 Å². The average molecular weight is 300 g/mol. The molecular weight excluding hydrogens is 280 g/mol. The Kier molecular flexibility index (Phi) is 5.42. The zero-order valence-electron chi connectivity index (χ0n) is 12.3. The largest absolute Gasteiger partial charge is 0.294 e. The highest BCUT2D eigenvalue weighted by Crippen LogP contribution is 2.28. The van der Waals surface area contributed by atoms with Crippen molar-refractivity contribution in [3.05, 3.63) is 64.7 Å². The minimum Gasteiger partial charge on any atom is -0.294 e. The predicted octanol–water partition coefficient (Wildman–Crippen LogP) is 3.13. The van der Waals surface area contributed by atoms with E-state index in [2.05, 4.69) is 43.5 Å². The van der Waals surface area contributed by atoms with E-state index in [-0.39, 0.29) is 5.91 Å². The van der Waals surface area contributed by atoms with Gasteiger partial charge in [-0.15, -0.1) is 11.8 Å². The highest BCUT2D eigenvalue weighted by Gasteiger charge is 2.08. The molecule has 0 spiro atoms. The van der Waals surface area contributed by atoms with Crippen molar-refractivity contribution in [2.24, 2.45) is 5.84 Å². The lowest BCUT2D eigenvalue weighted by atomic mass is 10.1. The summed E-state index contributed by atoms with van der Waals surface area (Å²) in [6.07, 6.45) is 0.319. The van der Waals surface area contributed by atoms with Gasteiger partial charge in [0.15, 0.2) is 0 Å². The summed E-state index contributed by atoms with van der Waals surface area (Å²) < 4.78 is 0. The molecule has 0 saturated heterocycles. The Balaban J connectivity index is 2.13. The zero-order chi connectivity index (χ0) is 15.2. The molecule has 110 valence electrons. The fourth-order valence-corrected chi connectivity index (χ4v) is 3.27. The Morgan fingerprint density at radius 2 is 1.86 bits per heavy atom. The van der Waals surface area contributed by atoms with E-state index in [0.717, 1.165) is 11.3 Å². The first-order valence-electron chi connectivity index (χ1n) is 6.86. The monoisotopic (exact) mass is 300 g/mol. The third kappa shape index (κ3) is 4.34. The van der Waals surface area contributed by atoms with Gasteiger partial charge in [0.2, 0.25) is 5.91 Å². The van der Waals surface area contributed by atoms with Crippen LogP contribution in [0.1, 0.15) is 22.3 Å². The highest BCUT2D eigenvalue weighted by molar-refractivity contribution is 7.98. The van der Waals surface area contributed by atoms with Crippen LogP contribution in [0.25, 0.3) is 0 Å². The van der Waals surface area contributed by atoms with Crippen LogP contribution in [0, 0.1) is 13.8 Å². The second kappa shape index (κ2) is 7.29. The minimum absolute atomic E-state index is 0.167. The molecule has 0 unspecified atom stereocenters. The number of benzene rings is 2. The molecular formula is C17H20N2OS. The first-order chi connectivity index (χ1) is 10.1. The van der Waals surface area contributed by atoms with E-state index < -0.39 is 0 Å². The van der Waals surface area contributed by atoms with Crippen LogP contribution in [0.5, 0.6) is 0 Å². The molecule has 2 aromatic carbocycles.